The number of aryl methyl sites for hydroxylation is 1. The summed E-state index contributed by atoms with van der Waals surface area (Å²) in [6, 6.07) is 0. The Labute approximate surface area is 128 Å². The second-order valence-electron chi connectivity index (χ2n) is 8.27. The lowest BCUT2D eigenvalue weighted by molar-refractivity contribution is -0.157. The molecule has 0 amide bonds. The topological polar surface area (TPSA) is 64.2 Å². The van der Waals surface area contributed by atoms with Crippen LogP contribution in [0.5, 0.6) is 0 Å². The molecule has 2 heterocycles. The van der Waals surface area contributed by atoms with Crippen molar-refractivity contribution < 1.29 is 5.11 Å². The van der Waals surface area contributed by atoms with Crippen molar-refractivity contribution in [1.82, 2.24) is 9.13 Å². The van der Waals surface area contributed by atoms with Crippen LogP contribution in [0.25, 0.3) is 0 Å². The second-order valence-corrected chi connectivity index (χ2v) is 8.27. The Bertz CT molecular complexity index is 761. The van der Waals surface area contributed by atoms with Gasteiger partial charge in [0.1, 0.15) is 0 Å². The molecule has 118 valence electrons. The molecule has 4 fully saturated rings. The van der Waals surface area contributed by atoms with Crippen molar-refractivity contribution in [2.45, 2.75) is 69.1 Å². The molecular formula is C17H22N2O3. The summed E-state index contributed by atoms with van der Waals surface area (Å²) in [7, 11) is 0. The normalized spacial score (nSPS) is 41.9. The molecule has 22 heavy (non-hydrogen) atoms. The van der Waals surface area contributed by atoms with Crippen molar-refractivity contribution >= 4 is 0 Å². The maximum atomic E-state index is 12.7. The van der Waals surface area contributed by atoms with E-state index in [-0.39, 0.29) is 16.7 Å². The van der Waals surface area contributed by atoms with Gasteiger partial charge in [-0.15, -0.1) is 0 Å². The summed E-state index contributed by atoms with van der Waals surface area (Å²) < 4.78 is 3.39. The van der Waals surface area contributed by atoms with Gasteiger partial charge in [0, 0.05) is 18.4 Å². The first-order valence-corrected chi connectivity index (χ1v) is 8.56. The van der Waals surface area contributed by atoms with E-state index in [1.165, 1.54) is 6.42 Å². The summed E-state index contributed by atoms with van der Waals surface area (Å²) in [5.41, 5.74) is -0.673. The van der Waals surface area contributed by atoms with E-state index in [0.717, 1.165) is 44.2 Å². The monoisotopic (exact) mass is 302 g/mol. The van der Waals surface area contributed by atoms with Crippen LogP contribution < -0.4 is 11.1 Å². The third-order valence-corrected chi connectivity index (χ3v) is 6.60. The average Bonchev–Trinajstić information content (AvgIpc) is 2.88. The zero-order valence-electron chi connectivity index (χ0n) is 12.8. The lowest BCUT2D eigenvalue weighted by atomic mass is 9.51. The van der Waals surface area contributed by atoms with Crippen LogP contribution in [-0.4, -0.2) is 19.8 Å². The predicted octanol–water partition coefficient (Wildman–Crippen LogP) is 0.996. The molecule has 0 aromatic carbocycles. The zero-order valence-corrected chi connectivity index (χ0v) is 12.8. The SMILES string of the molecule is O=c1c(=O)n2c(cn1C13CC4CC(CC(O)(C4)C1)C3)CCC2. The molecule has 0 saturated heterocycles. The Morgan fingerprint density at radius 1 is 1.09 bits per heavy atom. The van der Waals surface area contributed by atoms with Gasteiger partial charge >= 0.3 is 11.1 Å². The Kier molecular flexibility index (Phi) is 2.35. The molecule has 1 aromatic rings. The largest absolute Gasteiger partial charge is 0.390 e. The Morgan fingerprint density at radius 2 is 1.82 bits per heavy atom. The molecule has 2 atom stereocenters. The van der Waals surface area contributed by atoms with Gasteiger partial charge in [0.25, 0.3) is 0 Å². The lowest BCUT2D eigenvalue weighted by Gasteiger charge is -2.60. The number of rotatable bonds is 1. The molecule has 5 heteroatoms. The molecule has 5 nitrogen and oxygen atoms in total. The quantitative estimate of drug-likeness (QED) is 0.787. The number of hydrogen-bond acceptors (Lipinski definition) is 3. The van der Waals surface area contributed by atoms with E-state index in [9.17, 15) is 14.7 Å². The fourth-order valence-electron chi connectivity index (χ4n) is 6.29. The van der Waals surface area contributed by atoms with Crippen molar-refractivity contribution in [2.75, 3.05) is 0 Å². The number of aliphatic hydroxyl groups is 1. The molecule has 1 N–H and O–H groups in total. The highest BCUT2D eigenvalue weighted by molar-refractivity contribution is 5.15. The van der Waals surface area contributed by atoms with Crippen molar-refractivity contribution in [3.05, 3.63) is 32.6 Å². The maximum Gasteiger partial charge on any atom is 0.316 e. The zero-order chi connectivity index (χ0) is 15.1. The molecule has 4 aliphatic carbocycles. The maximum absolute atomic E-state index is 12.7. The molecule has 1 aliphatic heterocycles. The smallest absolute Gasteiger partial charge is 0.316 e. The van der Waals surface area contributed by atoms with Crippen molar-refractivity contribution in [2.24, 2.45) is 11.8 Å². The van der Waals surface area contributed by atoms with E-state index in [2.05, 4.69) is 0 Å². The van der Waals surface area contributed by atoms with Crippen LogP contribution in [0, 0.1) is 11.8 Å². The molecule has 2 unspecified atom stereocenters. The minimum atomic E-state index is -0.612. The lowest BCUT2D eigenvalue weighted by Crippen LogP contribution is -2.62. The van der Waals surface area contributed by atoms with Crippen molar-refractivity contribution in [3.63, 3.8) is 0 Å². The van der Waals surface area contributed by atoms with Crippen LogP contribution in [0.3, 0.4) is 0 Å². The Hall–Kier alpha value is -1.36. The molecule has 4 saturated carbocycles. The minimum absolute atomic E-state index is 0.312. The van der Waals surface area contributed by atoms with E-state index in [1.54, 1.807) is 9.13 Å². The van der Waals surface area contributed by atoms with Gasteiger partial charge in [-0.05, 0) is 63.2 Å². The summed E-state index contributed by atoms with van der Waals surface area (Å²) in [4.78, 5) is 25.1. The van der Waals surface area contributed by atoms with Crippen LogP contribution >= 0.6 is 0 Å². The van der Waals surface area contributed by atoms with Crippen molar-refractivity contribution in [3.8, 4) is 0 Å². The van der Waals surface area contributed by atoms with E-state index >= 15 is 0 Å². The molecule has 5 aliphatic rings. The van der Waals surface area contributed by atoms with Crippen LogP contribution in [0.4, 0.5) is 0 Å². The highest BCUT2D eigenvalue weighted by atomic mass is 16.3. The summed E-state index contributed by atoms with van der Waals surface area (Å²) >= 11 is 0. The number of aromatic nitrogens is 2. The summed E-state index contributed by atoms with van der Waals surface area (Å²) in [6.45, 7) is 0.673. The molecule has 6 rings (SSSR count). The third-order valence-electron chi connectivity index (χ3n) is 6.60. The van der Waals surface area contributed by atoms with Gasteiger partial charge in [0.05, 0.1) is 11.1 Å². The van der Waals surface area contributed by atoms with Crippen LogP contribution in [0.1, 0.15) is 50.6 Å². The number of fused-ring (bicyclic) bond motifs is 1. The highest BCUT2D eigenvalue weighted by Gasteiger charge is 2.58. The molecule has 0 spiro atoms. The highest BCUT2D eigenvalue weighted by Crippen LogP contribution is 2.60. The van der Waals surface area contributed by atoms with Gasteiger partial charge in [0.2, 0.25) is 0 Å². The summed E-state index contributed by atoms with van der Waals surface area (Å²) in [5.74, 6) is 1.02. The number of nitrogens with zero attached hydrogens (tertiary/aromatic N) is 2. The van der Waals surface area contributed by atoms with Gasteiger partial charge < -0.3 is 14.2 Å². The van der Waals surface area contributed by atoms with Gasteiger partial charge in [-0.2, -0.15) is 0 Å². The summed E-state index contributed by atoms with van der Waals surface area (Å²) in [6.07, 6.45) is 9.26. The van der Waals surface area contributed by atoms with Gasteiger partial charge in [0.15, 0.2) is 0 Å². The first kappa shape index (κ1) is 13.1. The Balaban J connectivity index is 1.71. The van der Waals surface area contributed by atoms with Crippen LogP contribution in [-0.2, 0) is 18.5 Å². The summed E-state index contributed by atoms with van der Waals surface area (Å²) in [5, 5.41) is 10.9. The first-order valence-electron chi connectivity index (χ1n) is 8.56. The van der Waals surface area contributed by atoms with E-state index in [1.807, 2.05) is 6.20 Å². The van der Waals surface area contributed by atoms with Gasteiger partial charge in [-0.1, -0.05) is 0 Å². The fourth-order valence-corrected chi connectivity index (χ4v) is 6.29. The first-order chi connectivity index (χ1) is 10.5. The second kappa shape index (κ2) is 3.94. The fraction of sp³-hybridized carbons (Fsp3) is 0.765. The molecule has 4 bridgehead atoms. The van der Waals surface area contributed by atoms with E-state index < -0.39 is 5.60 Å². The number of hydrogen-bond donors (Lipinski definition) is 1. The van der Waals surface area contributed by atoms with Gasteiger partial charge in [-0.3, -0.25) is 9.59 Å². The van der Waals surface area contributed by atoms with Crippen LogP contribution in [0.15, 0.2) is 15.8 Å². The van der Waals surface area contributed by atoms with E-state index in [4.69, 9.17) is 0 Å². The minimum Gasteiger partial charge on any atom is -0.390 e. The van der Waals surface area contributed by atoms with Crippen molar-refractivity contribution in [1.29, 1.82) is 0 Å². The molecule has 1 aromatic heterocycles. The average molecular weight is 302 g/mol. The predicted molar refractivity (Wildman–Crippen MR) is 80.9 cm³/mol. The van der Waals surface area contributed by atoms with E-state index in [0.29, 0.717) is 24.8 Å². The van der Waals surface area contributed by atoms with Gasteiger partial charge in [-0.25, -0.2) is 0 Å². The van der Waals surface area contributed by atoms with Crippen LogP contribution in [0.2, 0.25) is 0 Å². The standard InChI is InChI=1S/C17H22N2O3/c20-14-15(21)19(9-13-2-1-3-18(13)14)16-5-11-4-12(6-16)8-17(22,7-11)10-16/h9,11-12,22H,1-8,10H2. The molecular weight excluding hydrogens is 280 g/mol. The third kappa shape index (κ3) is 1.58. The Morgan fingerprint density at radius 3 is 2.50 bits per heavy atom. The molecule has 0 radical (unpaired) electrons.